The predicted molar refractivity (Wildman–Crippen MR) is 108 cm³/mol. The zero-order valence-electron chi connectivity index (χ0n) is 16.9. The van der Waals surface area contributed by atoms with Gasteiger partial charge in [-0.3, -0.25) is 4.79 Å². The average Bonchev–Trinajstić information content (AvgIpc) is 3.02. The quantitative estimate of drug-likeness (QED) is 0.683. The summed E-state index contributed by atoms with van der Waals surface area (Å²) in [6.07, 6.45) is 4.74. The van der Waals surface area contributed by atoms with Crippen molar-refractivity contribution in [2.75, 3.05) is 63.1 Å². The first-order valence-electron chi connectivity index (χ1n) is 10.3. The van der Waals surface area contributed by atoms with E-state index in [9.17, 15) is 13.2 Å². The molecule has 0 unspecified atom stereocenters. The summed E-state index contributed by atoms with van der Waals surface area (Å²) in [7, 11) is -3.30. The number of carbonyl (C=O) groups is 1. The van der Waals surface area contributed by atoms with E-state index < -0.39 is 15.4 Å². The molecule has 2 atom stereocenters. The average molecular weight is 424 g/mol. The highest BCUT2D eigenvalue weighted by Crippen LogP contribution is 2.45. The standard InChI is InChI=1S/C19H29N5O4S/c1-2-29(26,27)24-8-3-5-19(17(25)22-9-11-28-12-10-22)15-23(13-16(19)14-24)18-20-6-4-7-21-18/h4,6-7,16H,2-3,5,8-15H2,1H3/t16-,19+/m1/s1. The number of hydrogen-bond acceptors (Lipinski definition) is 7. The fourth-order valence-corrected chi connectivity index (χ4v) is 6.05. The third-order valence-electron chi connectivity index (χ3n) is 6.47. The van der Waals surface area contributed by atoms with Gasteiger partial charge in [-0.05, 0) is 25.8 Å². The van der Waals surface area contributed by atoms with Crippen molar-refractivity contribution < 1.29 is 17.9 Å². The molecule has 1 aromatic heterocycles. The lowest BCUT2D eigenvalue weighted by Crippen LogP contribution is -2.53. The lowest BCUT2D eigenvalue weighted by atomic mass is 9.73. The van der Waals surface area contributed by atoms with Gasteiger partial charge < -0.3 is 14.5 Å². The van der Waals surface area contributed by atoms with Gasteiger partial charge in [0.2, 0.25) is 21.9 Å². The van der Waals surface area contributed by atoms with Crippen molar-refractivity contribution in [3.05, 3.63) is 18.5 Å². The van der Waals surface area contributed by atoms with Crippen LogP contribution in [-0.2, 0) is 19.6 Å². The monoisotopic (exact) mass is 423 g/mol. The van der Waals surface area contributed by atoms with Crippen LogP contribution in [0.3, 0.4) is 0 Å². The molecule has 0 radical (unpaired) electrons. The van der Waals surface area contributed by atoms with E-state index in [1.165, 1.54) is 0 Å². The zero-order valence-corrected chi connectivity index (χ0v) is 17.7. The number of carbonyl (C=O) groups excluding carboxylic acids is 1. The second-order valence-electron chi connectivity index (χ2n) is 8.05. The van der Waals surface area contributed by atoms with Crippen LogP contribution in [0.15, 0.2) is 18.5 Å². The molecular weight excluding hydrogens is 394 g/mol. The van der Waals surface area contributed by atoms with Crippen LogP contribution < -0.4 is 4.90 Å². The Morgan fingerprint density at radius 2 is 1.93 bits per heavy atom. The summed E-state index contributed by atoms with van der Waals surface area (Å²) in [5, 5.41) is 0. The van der Waals surface area contributed by atoms with Gasteiger partial charge >= 0.3 is 0 Å². The van der Waals surface area contributed by atoms with Crippen molar-refractivity contribution in [2.24, 2.45) is 11.3 Å². The third kappa shape index (κ3) is 3.85. The van der Waals surface area contributed by atoms with E-state index in [0.717, 1.165) is 0 Å². The highest BCUT2D eigenvalue weighted by molar-refractivity contribution is 7.89. The Balaban J connectivity index is 1.67. The van der Waals surface area contributed by atoms with Gasteiger partial charge in [0.1, 0.15) is 0 Å². The van der Waals surface area contributed by atoms with E-state index in [4.69, 9.17) is 4.74 Å². The normalized spacial score (nSPS) is 28.8. The summed E-state index contributed by atoms with van der Waals surface area (Å²) in [6.45, 7) is 5.90. The molecule has 4 heterocycles. The van der Waals surface area contributed by atoms with Gasteiger partial charge in [-0.15, -0.1) is 0 Å². The van der Waals surface area contributed by atoms with Crippen LogP contribution in [0.5, 0.6) is 0 Å². The Kier molecular flexibility index (Phi) is 5.76. The predicted octanol–water partition coefficient (Wildman–Crippen LogP) is 0.204. The second-order valence-corrected chi connectivity index (χ2v) is 10.3. The van der Waals surface area contributed by atoms with E-state index >= 15 is 0 Å². The summed E-state index contributed by atoms with van der Waals surface area (Å²) in [5.41, 5.74) is -0.617. The van der Waals surface area contributed by atoms with E-state index in [0.29, 0.717) is 71.3 Å². The van der Waals surface area contributed by atoms with Crippen LogP contribution in [0.1, 0.15) is 19.8 Å². The van der Waals surface area contributed by atoms with Crippen molar-refractivity contribution in [3.8, 4) is 0 Å². The SMILES string of the molecule is CCS(=O)(=O)N1CCC[C@]2(C(=O)N3CCOCC3)CN(c3ncccn3)C[C@@H]2C1. The van der Waals surface area contributed by atoms with Crippen LogP contribution in [0.4, 0.5) is 5.95 Å². The number of amides is 1. The van der Waals surface area contributed by atoms with Crippen LogP contribution in [0.25, 0.3) is 0 Å². The van der Waals surface area contributed by atoms with Crippen molar-refractivity contribution >= 4 is 21.9 Å². The third-order valence-corrected chi connectivity index (χ3v) is 8.32. The molecule has 0 bridgehead atoms. The number of morpholine rings is 1. The Morgan fingerprint density at radius 3 is 2.62 bits per heavy atom. The molecule has 29 heavy (non-hydrogen) atoms. The van der Waals surface area contributed by atoms with E-state index in [-0.39, 0.29) is 17.6 Å². The molecule has 0 spiro atoms. The molecule has 3 aliphatic heterocycles. The van der Waals surface area contributed by atoms with E-state index in [1.807, 2.05) is 9.80 Å². The van der Waals surface area contributed by atoms with Crippen LogP contribution in [0, 0.1) is 11.3 Å². The van der Waals surface area contributed by atoms with Gasteiger partial charge in [0.25, 0.3) is 0 Å². The fourth-order valence-electron chi connectivity index (χ4n) is 4.87. The van der Waals surface area contributed by atoms with Crippen molar-refractivity contribution in [3.63, 3.8) is 0 Å². The second kappa shape index (κ2) is 8.16. The molecule has 0 N–H and O–H groups in total. The summed E-state index contributed by atoms with van der Waals surface area (Å²) in [4.78, 5) is 26.4. The first-order valence-corrected chi connectivity index (χ1v) is 11.9. The van der Waals surface area contributed by atoms with Gasteiger partial charge in [0, 0.05) is 57.6 Å². The molecule has 1 amide bonds. The zero-order chi connectivity index (χ0) is 20.5. The number of hydrogen-bond donors (Lipinski definition) is 0. The molecule has 9 nitrogen and oxygen atoms in total. The number of nitrogens with zero attached hydrogens (tertiary/aromatic N) is 5. The van der Waals surface area contributed by atoms with Gasteiger partial charge in [-0.25, -0.2) is 22.7 Å². The molecule has 0 saturated carbocycles. The van der Waals surface area contributed by atoms with Gasteiger partial charge in [0.05, 0.1) is 24.4 Å². The highest BCUT2D eigenvalue weighted by atomic mass is 32.2. The van der Waals surface area contributed by atoms with Gasteiger partial charge in [0.15, 0.2) is 0 Å². The lowest BCUT2D eigenvalue weighted by molar-refractivity contribution is -0.147. The van der Waals surface area contributed by atoms with Crippen LogP contribution in [-0.4, -0.2) is 91.7 Å². The molecule has 0 aliphatic carbocycles. The number of sulfonamides is 1. The maximum Gasteiger partial charge on any atom is 0.231 e. The molecule has 0 aromatic carbocycles. The van der Waals surface area contributed by atoms with Crippen molar-refractivity contribution in [1.29, 1.82) is 0 Å². The molecule has 3 saturated heterocycles. The Bertz CT molecular complexity index is 830. The minimum Gasteiger partial charge on any atom is -0.378 e. The summed E-state index contributed by atoms with van der Waals surface area (Å²) < 4.78 is 32.2. The smallest absolute Gasteiger partial charge is 0.231 e. The van der Waals surface area contributed by atoms with Crippen molar-refractivity contribution in [1.82, 2.24) is 19.2 Å². The molecule has 10 heteroatoms. The maximum absolute atomic E-state index is 13.7. The summed E-state index contributed by atoms with van der Waals surface area (Å²) >= 11 is 0. The Labute approximate surface area is 172 Å². The first-order chi connectivity index (χ1) is 14.0. The number of rotatable bonds is 4. The molecule has 3 fully saturated rings. The number of ether oxygens (including phenoxy) is 1. The number of fused-ring (bicyclic) bond motifs is 1. The molecule has 160 valence electrons. The number of aromatic nitrogens is 2. The topological polar surface area (TPSA) is 95.9 Å². The van der Waals surface area contributed by atoms with E-state index in [2.05, 4.69) is 9.97 Å². The van der Waals surface area contributed by atoms with Gasteiger partial charge in [-0.1, -0.05) is 0 Å². The fraction of sp³-hybridized carbons (Fsp3) is 0.737. The van der Waals surface area contributed by atoms with Gasteiger partial charge in [-0.2, -0.15) is 0 Å². The lowest BCUT2D eigenvalue weighted by Gasteiger charge is -2.38. The van der Waals surface area contributed by atoms with Crippen LogP contribution in [0.2, 0.25) is 0 Å². The Morgan fingerprint density at radius 1 is 1.21 bits per heavy atom. The minimum atomic E-state index is -3.30. The highest BCUT2D eigenvalue weighted by Gasteiger charge is 2.55. The Hall–Kier alpha value is -1.78. The number of anilines is 1. The molecule has 3 aliphatic rings. The largest absolute Gasteiger partial charge is 0.378 e. The van der Waals surface area contributed by atoms with Crippen molar-refractivity contribution in [2.45, 2.75) is 19.8 Å². The molecule has 1 aromatic rings. The summed E-state index contributed by atoms with van der Waals surface area (Å²) in [5.74, 6) is 0.709. The maximum atomic E-state index is 13.7. The van der Waals surface area contributed by atoms with E-state index in [1.54, 1.807) is 29.7 Å². The first kappa shape index (κ1) is 20.5. The molecule has 4 rings (SSSR count). The molecular formula is C19H29N5O4S. The van der Waals surface area contributed by atoms with Crippen LogP contribution >= 0.6 is 0 Å². The summed E-state index contributed by atoms with van der Waals surface area (Å²) in [6, 6.07) is 1.77. The minimum absolute atomic E-state index is 0.0790.